The highest BCUT2D eigenvalue weighted by Crippen LogP contribution is 2.33. The van der Waals surface area contributed by atoms with Gasteiger partial charge in [-0.3, -0.25) is 0 Å². The monoisotopic (exact) mass is 280 g/mol. The Morgan fingerprint density at radius 1 is 0.950 bits per heavy atom. The summed E-state index contributed by atoms with van der Waals surface area (Å²) in [6.45, 7) is 3.91. The van der Waals surface area contributed by atoms with E-state index in [0.717, 1.165) is 28.9 Å². The van der Waals surface area contributed by atoms with Crippen LogP contribution in [0.15, 0.2) is 36.4 Å². The minimum atomic E-state index is -4.38. The molecule has 0 aliphatic rings. The number of alkyl halides is 3. The van der Waals surface area contributed by atoms with Crippen molar-refractivity contribution in [3.05, 3.63) is 53.1 Å². The number of nitrogen functional groups attached to an aromatic ring is 1. The van der Waals surface area contributed by atoms with Crippen LogP contribution in [-0.4, -0.2) is 0 Å². The van der Waals surface area contributed by atoms with Crippen molar-refractivity contribution in [2.24, 2.45) is 0 Å². The first-order valence-electron chi connectivity index (χ1n) is 6.08. The number of rotatable bonds is 2. The fourth-order valence-corrected chi connectivity index (χ4v) is 2.06. The van der Waals surface area contributed by atoms with Crippen molar-refractivity contribution in [3.63, 3.8) is 0 Å². The van der Waals surface area contributed by atoms with Gasteiger partial charge in [-0.05, 0) is 55.3 Å². The highest BCUT2D eigenvalue weighted by Gasteiger charge is 2.30. The van der Waals surface area contributed by atoms with Gasteiger partial charge in [-0.25, -0.2) is 0 Å². The number of nitrogens with one attached hydrogen (secondary N) is 1. The molecule has 20 heavy (non-hydrogen) atoms. The lowest BCUT2D eigenvalue weighted by Crippen LogP contribution is -2.06. The van der Waals surface area contributed by atoms with Crippen LogP contribution in [0.1, 0.15) is 16.7 Å². The molecular weight excluding hydrogens is 265 g/mol. The van der Waals surface area contributed by atoms with Crippen LogP contribution in [-0.2, 0) is 6.18 Å². The van der Waals surface area contributed by atoms with Crippen molar-refractivity contribution in [2.75, 3.05) is 11.1 Å². The molecule has 0 amide bonds. The van der Waals surface area contributed by atoms with Gasteiger partial charge in [0.05, 0.1) is 16.9 Å². The summed E-state index contributed by atoms with van der Waals surface area (Å²) in [5.41, 5.74) is 8.40. The largest absolute Gasteiger partial charge is 0.416 e. The summed E-state index contributed by atoms with van der Waals surface area (Å²) < 4.78 is 37.7. The second-order valence-corrected chi connectivity index (χ2v) is 4.80. The first-order valence-corrected chi connectivity index (χ1v) is 6.08. The van der Waals surface area contributed by atoms with Crippen LogP contribution in [0.25, 0.3) is 0 Å². The van der Waals surface area contributed by atoms with Crippen LogP contribution in [0.2, 0.25) is 0 Å². The number of benzene rings is 2. The summed E-state index contributed by atoms with van der Waals surface area (Å²) >= 11 is 0. The minimum absolute atomic E-state index is 0.0685. The number of halogens is 3. The maximum absolute atomic E-state index is 12.6. The van der Waals surface area contributed by atoms with Crippen LogP contribution in [0.5, 0.6) is 0 Å². The highest BCUT2D eigenvalue weighted by atomic mass is 19.4. The zero-order valence-corrected chi connectivity index (χ0v) is 11.2. The highest BCUT2D eigenvalue weighted by molar-refractivity contribution is 5.73. The number of nitrogens with two attached hydrogens (primary N) is 1. The summed E-state index contributed by atoms with van der Waals surface area (Å²) in [7, 11) is 0. The summed E-state index contributed by atoms with van der Waals surface area (Å²) in [5.74, 6) is 0. The summed E-state index contributed by atoms with van der Waals surface area (Å²) in [6, 6.07) is 9.12. The van der Waals surface area contributed by atoms with Crippen molar-refractivity contribution < 1.29 is 13.2 Å². The first kappa shape index (κ1) is 14.2. The molecule has 0 unspecified atom stereocenters. The molecule has 0 radical (unpaired) electrons. The van der Waals surface area contributed by atoms with E-state index in [9.17, 15) is 13.2 Å². The van der Waals surface area contributed by atoms with Gasteiger partial charge in [0, 0.05) is 5.69 Å². The van der Waals surface area contributed by atoms with E-state index < -0.39 is 11.7 Å². The van der Waals surface area contributed by atoms with Crippen LogP contribution in [0.3, 0.4) is 0 Å². The molecule has 0 spiro atoms. The Hall–Kier alpha value is -2.17. The lowest BCUT2D eigenvalue weighted by molar-refractivity contribution is -0.137. The molecule has 2 aromatic carbocycles. The molecule has 2 rings (SSSR count). The maximum Gasteiger partial charge on any atom is 0.416 e. The smallest absolute Gasteiger partial charge is 0.397 e. The third kappa shape index (κ3) is 3.23. The topological polar surface area (TPSA) is 38.0 Å². The van der Waals surface area contributed by atoms with Gasteiger partial charge in [0.15, 0.2) is 0 Å². The zero-order valence-electron chi connectivity index (χ0n) is 11.2. The Morgan fingerprint density at radius 2 is 1.55 bits per heavy atom. The van der Waals surface area contributed by atoms with Crippen molar-refractivity contribution in [2.45, 2.75) is 20.0 Å². The Kier molecular flexibility index (Phi) is 3.61. The molecule has 0 aliphatic carbocycles. The normalized spacial score (nSPS) is 11.4. The summed E-state index contributed by atoms with van der Waals surface area (Å²) in [4.78, 5) is 0. The van der Waals surface area contributed by atoms with Crippen molar-refractivity contribution in [3.8, 4) is 0 Å². The van der Waals surface area contributed by atoms with E-state index in [4.69, 9.17) is 5.73 Å². The van der Waals surface area contributed by atoms with E-state index in [1.807, 2.05) is 32.0 Å². The first-order chi connectivity index (χ1) is 9.25. The van der Waals surface area contributed by atoms with Gasteiger partial charge < -0.3 is 11.1 Å². The molecule has 0 saturated heterocycles. The van der Waals surface area contributed by atoms with E-state index in [-0.39, 0.29) is 5.69 Å². The predicted octanol–water partition coefficient (Wildman–Crippen LogP) is 4.65. The fourth-order valence-electron chi connectivity index (χ4n) is 2.06. The molecule has 0 atom stereocenters. The third-order valence-corrected chi connectivity index (χ3v) is 2.88. The third-order valence-electron chi connectivity index (χ3n) is 2.88. The van der Waals surface area contributed by atoms with Crippen molar-refractivity contribution >= 4 is 17.1 Å². The molecule has 0 aliphatic heterocycles. The Balaban J connectivity index is 2.30. The minimum Gasteiger partial charge on any atom is -0.397 e. The van der Waals surface area contributed by atoms with E-state index in [1.165, 1.54) is 6.07 Å². The molecular formula is C15H15F3N2. The average molecular weight is 280 g/mol. The van der Waals surface area contributed by atoms with Crippen LogP contribution in [0.4, 0.5) is 30.2 Å². The summed E-state index contributed by atoms with van der Waals surface area (Å²) in [6.07, 6.45) is -4.38. The van der Waals surface area contributed by atoms with E-state index in [2.05, 4.69) is 5.32 Å². The number of hydrogen-bond donors (Lipinski definition) is 2. The van der Waals surface area contributed by atoms with E-state index >= 15 is 0 Å². The van der Waals surface area contributed by atoms with Crippen LogP contribution in [0, 0.1) is 13.8 Å². The molecule has 3 N–H and O–H groups in total. The van der Waals surface area contributed by atoms with Gasteiger partial charge in [0.2, 0.25) is 0 Å². The molecule has 0 fully saturated rings. The van der Waals surface area contributed by atoms with Crippen molar-refractivity contribution in [1.82, 2.24) is 0 Å². The average Bonchev–Trinajstić information content (AvgIpc) is 2.29. The molecule has 0 aromatic heterocycles. The quantitative estimate of drug-likeness (QED) is 0.786. The Labute approximate surface area is 115 Å². The molecule has 2 nitrogen and oxygen atoms in total. The Bertz CT molecular complexity index is 613. The fraction of sp³-hybridized carbons (Fsp3) is 0.200. The van der Waals surface area contributed by atoms with Crippen LogP contribution >= 0.6 is 0 Å². The lowest BCUT2D eigenvalue weighted by Gasteiger charge is -2.13. The molecule has 0 saturated carbocycles. The van der Waals surface area contributed by atoms with Gasteiger partial charge in [-0.15, -0.1) is 0 Å². The zero-order chi connectivity index (χ0) is 14.9. The molecule has 5 heteroatoms. The second-order valence-electron chi connectivity index (χ2n) is 4.80. The van der Waals surface area contributed by atoms with Gasteiger partial charge in [0.1, 0.15) is 0 Å². The van der Waals surface area contributed by atoms with Crippen molar-refractivity contribution in [1.29, 1.82) is 0 Å². The van der Waals surface area contributed by atoms with E-state index in [1.54, 1.807) is 0 Å². The maximum atomic E-state index is 12.6. The number of aryl methyl sites for hydroxylation is 2. The number of anilines is 3. The van der Waals surface area contributed by atoms with E-state index in [0.29, 0.717) is 5.69 Å². The number of hydrogen-bond acceptors (Lipinski definition) is 2. The SMILES string of the molecule is Cc1cc(C)cc(Nc2ccc(C(F)(F)F)cc2N)c1. The Morgan fingerprint density at radius 3 is 2.05 bits per heavy atom. The lowest BCUT2D eigenvalue weighted by atomic mass is 10.1. The molecule has 106 valence electrons. The molecule has 0 heterocycles. The summed E-state index contributed by atoms with van der Waals surface area (Å²) in [5, 5.41) is 3.04. The van der Waals surface area contributed by atoms with Gasteiger partial charge in [0.25, 0.3) is 0 Å². The molecule has 0 bridgehead atoms. The van der Waals surface area contributed by atoms with Crippen LogP contribution < -0.4 is 11.1 Å². The standard InChI is InChI=1S/C15H15F3N2/c1-9-5-10(2)7-12(6-9)20-14-4-3-11(8-13(14)19)15(16,17)18/h3-8,20H,19H2,1-2H3. The van der Waals surface area contributed by atoms with Gasteiger partial charge in [-0.1, -0.05) is 6.07 Å². The molecule has 2 aromatic rings. The second kappa shape index (κ2) is 5.07. The van der Waals surface area contributed by atoms with Gasteiger partial charge in [-0.2, -0.15) is 13.2 Å². The predicted molar refractivity (Wildman–Crippen MR) is 75.1 cm³/mol. The van der Waals surface area contributed by atoms with Gasteiger partial charge >= 0.3 is 6.18 Å².